The molecule has 0 aliphatic carbocycles. The van der Waals surface area contributed by atoms with Gasteiger partial charge < -0.3 is 0 Å². The molecular weight excluding hydrogens is 215 g/mol. The van der Waals surface area contributed by atoms with E-state index in [1.165, 1.54) is 6.26 Å². The van der Waals surface area contributed by atoms with Crippen LogP contribution in [-0.4, -0.2) is 28.3 Å². The zero-order valence-corrected chi connectivity index (χ0v) is 7.64. The van der Waals surface area contributed by atoms with E-state index in [9.17, 15) is 26.2 Å². The first kappa shape index (κ1) is 12.8. The van der Waals surface area contributed by atoms with Crippen LogP contribution >= 0.6 is 0 Å². The molecular formula is C6H9F5OS. The highest BCUT2D eigenvalue weighted by atomic mass is 32.2. The van der Waals surface area contributed by atoms with Gasteiger partial charge in [0.15, 0.2) is 0 Å². The van der Waals surface area contributed by atoms with Gasteiger partial charge in [-0.1, -0.05) is 0 Å². The zero-order valence-electron chi connectivity index (χ0n) is 6.83. The van der Waals surface area contributed by atoms with E-state index in [1.807, 2.05) is 0 Å². The molecule has 0 bridgehead atoms. The number of hydrogen-bond acceptors (Lipinski definition) is 1. The number of alkyl halides is 5. The van der Waals surface area contributed by atoms with E-state index in [4.69, 9.17) is 0 Å². The van der Waals surface area contributed by atoms with E-state index in [0.717, 1.165) is 0 Å². The summed E-state index contributed by atoms with van der Waals surface area (Å²) in [6, 6.07) is 0. The van der Waals surface area contributed by atoms with Gasteiger partial charge in [0.25, 0.3) is 0 Å². The van der Waals surface area contributed by atoms with Crippen LogP contribution in [0, 0.1) is 0 Å². The Balaban J connectivity index is 3.97. The number of rotatable bonds is 4. The van der Waals surface area contributed by atoms with E-state index < -0.39 is 35.7 Å². The van der Waals surface area contributed by atoms with Gasteiger partial charge in [0.2, 0.25) is 0 Å². The molecule has 0 aromatic carbocycles. The van der Waals surface area contributed by atoms with Crippen LogP contribution in [0.5, 0.6) is 0 Å². The third-order valence-corrected chi connectivity index (χ3v) is 2.20. The molecule has 0 radical (unpaired) electrons. The number of hydrogen-bond donors (Lipinski definition) is 0. The molecule has 0 aromatic rings. The predicted octanol–water partition coefficient (Wildman–Crippen LogP) is 2.34. The van der Waals surface area contributed by atoms with Crippen molar-refractivity contribution in [3.8, 4) is 0 Å². The van der Waals surface area contributed by atoms with Crippen molar-refractivity contribution in [1.29, 1.82) is 0 Å². The van der Waals surface area contributed by atoms with Crippen molar-refractivity contribution < 1.29 is 26.2 Å². The Morgan fingerprint density at radius 2 is 1.62 bits per heavy atom. The molecule has 0 N–H and O–H groups in total. The van der Waals surface area contributed by atoms with Gasteiger partial charge in [0.1, 0.15) is 0 Å². The van der Waals surface area contributed by atoms with Crippen molar-refractivity contribution in [1.82, 2.24) is 0 Å². The highest BCUT2D eigenvalue weighted by molar-refractivity contribution is 7.84. The summed E-state index contributed by atoms with van der Waals surface area (Å²) in [5, 5.41) is 0. The fraction of sp³-hybridized carbons (Fsp3) is 1.00. The lowest BCUT2D eigenvalue weighted by molar-refractivity contribution is -0.284. The second kappa shape index (κ2) is 4.34. The molecule has 0 saturated heterocycles. The Morgan fingerprint density at radius 3 is 1.92 bits per heavy atom. The van der Waals surface area contributed by atoms with E-state index in [1.54, 1.807) is 0 Å². The Bertz CT molecular complexity index is 188. The first-order valence-electron chi connectivity index (χ1n) is 3.41. The molecule has 7 heteroatoms. The van der Waals surface area contributed by atoms with E-state index in [0.29, 0.717) is 0 Å². The zero-order chi connectivity index (χ0) is 10.7. The summed E-state index contributed by atoms with van der Waals surface area (Å²) in [5.41, 5.74) is 0. The molecule has 0 spiro atoms. The van der Waals surface area contributed by atoms with Gasteiger partial charge in [-0.05, 0) is 6.42 Å². The molecule has 0 fully saturated rings. The van der Waals surface area contributed by atoms with Crippen LogP contribution in [0.4, 0.5) is 22.0 Å². The van der Waals surface area contributed by atoms with Gasteiger partial charge in [-0.3, -0.25) is 4.21 Å². The minimum Gasteiger partial charge on any atom is -0.260 e. The van der Waals surface area contributed by atoms with Gasteiger partial charge in [-0.25, -0.2) is 0 Å². The Labute approximate surface area is 74.8 Å². The quantitative estimate of drug-likeness (QED) is 0.670. The molecule has 0 saturated carbocycles. The van der Waals surface area contributed by atoms with Gasteiger partial charge >= 0.3 is 12.1 Å². The van der Waals surface area contributed by atoms with E-state index in [-0.39, 0.29) is 5.75 Å². The predicted molar refractivity (Wildman–Crippen MR) is 39.2 cm³/mol. The second-order valence-corrected chi connectivity index (χ2v) is 4.14. The lowest BCUT2D eigenvalue weighted by Gasteiger charge is -2.18. The van der Waals surface area contributed by atoms with Crippen LogP contribution in [0.25, 0.3) is 0 Å². The highest BCUT2D eigenvalue weighted by Gasteiger charge is 2.56. The SMILES string of the molecule is CS(=O)CCCC(F)(F)C(F)(F)F. The summed E-state index contributed by atoms with van der Waals surface area (Å²) < 4.78 is 69.3. The summed E-state index contributed by atoms with van der Waals surface area (Å²) in [6.07, 6.45) is -5.93. The molecule has 0 aliphatic heterocycles. The first-order valence-corrected chi connectivity index (χ1v) is 5.14. The van der Waals surface area contributed by atoms with Crippen molar-refractivity contribution in [2.45, 2.75) is 24.9 Å². The molecule has 0 aliphatic rings. The molecule has 0 aromatic heterocycles. The van der Waals surface area contributed by atoms with Crippen molar-refractivity contribution in [3.63, 3.8) is 0 Å². The highest BCUT2D eigenvalue weighted by Crippen LogP contribution is 2.38. The van der Waals surface area contributed by atoms with E-state index in [2.05, 4.69) is 0 Å². The van der Waals surface area contributed by atoms with Crippen LogP contribution < -0.4 is 0 Å². The summed E-state index contributed by atoms with van der Waals surface area (Å²) >= 11 is 0. The van der Waals surface area contributed by atoms with Crippen molar-refractivity contribution in [2.75, 3.05) is 12.0 Å². The largest absolute Gasteiger partial charge is 0.453 e. The lowest BCUT2D eigenvalue weighted by Crippen LogP contribution is -2.36. The summed E-state index contributed by atoms with van der Waals surface area (Å²) in [4.78, 5) is 0. The smallest absolute Gasteiger partial charge is 0.260 e. The summed E-state index contributed by atoms with van der Waals surface area (Å²) in [5.74, 6) is -4.79. The third-order valence-electron chi connectivity index (χ3n) is 1.34. The maximum atomic E-state index is 12.2. The Kier molecular flexibility index (Phi) is 4.28. The third kappa shape index (κ3) is 4.54. The Morgan fingerprint density at radius 1 is 1.15 bits per heavy atom. The fourth-order valence-corrected chi connectivity index (χ4v) is 1.19. The summed E-state index contributed by atoms with van der Waals surface area (Å²) in [6.45, 7) is 0. The van der Waals surface area contributed by atoms with Gasteiger partial charge in [-0.2, -0.15) is 22.0 Å². The van der Waals surface area contributed by atoms with Crippen molar-refractivity contribution >= 4 is 10.8 Å². The van der Waals surface area contributed by atoms with Crippen LogP contribution in [0.2, 0.25) is 0 Å². The number of halogens is 5. The second-order valence-electron chi connectivity index (χ2n) is 2.58. The monoisotopic (exact) mass is 224 g/mol. The topological polar surface area (TPSA) is 17.1 Å². The van der Waals surface area contributed by atoms with Gasteiger partial charge in [-0.15, -0.1) is 0 Å². The van der Waals surface area contributed by atoms with Crippen LogP contribution in [0.15, 0.2) is 0 Å². The molecule has 1 unspecified atom stereocenters. The fourth-order valence-electron chi connectivity index (χ4n) is 0.639. The van der Waals surface area contributed by atoms with Crippen molar-refractivity contribution in [2.24, 2.45) is 0 Å². The minimum atomic E-state index is -5.50. The lowest BCUT2D eigenvalue weighted by atomic mass is 10.2. The maximum Gasteiger partial charge on any atom is 0.453 e. The summed E-state index contributed by atoms with van der Waals surface area (Å²) in [7, 11) is -1.33. The van der Waals surface area contributed by atoms with Crippen LogP contribution in [-0.2, 0) is 10.8 Å². The molecule has 0 amide bonds. The van der Waals surface area contributed by atoms with Crippen molar-refractivity contribution in [3.05, 3.63) is 0 Å². The van der Waals surface area contributed by atoms with Gasteiger partial charge in [0, 0.05) is 29.2 Å². The molecule has 0 heterocycles. The van der Waals surface area contributed by atoms with Crippen LogP contribution in [0.1, 0.15) is 12.8 Å². The molecule has 0 rings (SSSR count). The molecule has 13 heavy (non-hydrogen) atoms. The average molecular weight is 224 g/mol. The molecule has 80 valence electrons. The molecule has 1 atom stereocenters. The average Bonchev–Trinajstić information content (AvgIpc) is 1.82. The maximum absolute atomic E-state index is 12.2. The standard InChI is InChI=1S/C6H9F5OS/c1-13(12)4-2-3-5(7,8)6(9,10)11/h2-4H2,1H3. The van der Waals surface area contributed by atoms with Gasteiger partial charge in [0.05, 0.1) is 0 Å². The van der Waals surface area contributed by atoms with Crippen LogP contribution in [0.3, 0.4) is 0 Å². The normalized spacial score (nSPS) is 15.8. The molecule has 1 nitrogen and oxygen atoms in total. The first-order chi connectivity index (χ1) is 5.67. The Hall–Kier alpha value is -0.200. The van der Waals surface area contributed by atoms with E-state index >= 15 is 0 Å². The minimum absolute atomic E-state index is 0.133.